The average Bonchev–Trinajstić information content (AvgIpc) is 3.37. The van der Waals surface area contributed by atoms with Crippen molar-refractivity contribution >= 4 is 51.7 Å². The molecule has 8 heteroatoms. The molecule has 0 unspecified atom stereocenters. The lowest BCUT2D eigenvalue weighted by Gasteiger charge is -2.19. The van der Waals surface area contributed by atoms with Crippen molar-refractivity contribution < 1.29 is 4.79 Å². The van der Waals surface area contributed by atoms with E-state index in [9.17, 15) is 9.59 Å². The lowest BCUT2D eigenvalue weighted by Crippen LogP contribution is -2.29. The van der Waals surface area contributed by atoms with Gasteiger partial charge in [-0.25, -0.2) is 4.98 Å². The molecule has 0 spiro atoms. The first-order valence-electron chi connectivity index (χ1n) is 10.6. The van der Waals surface area contributed by atoms with E-state index in [0.29, 0.717) is 32.8 Å². The minimum Gasteiger partial charge on any atom is -0.356 e. The van der Waals surface area contributed by atoms with Gasteiger partial charge in [0.15, 0.2) is 0 Å². The van der Waals surface area contributed by atoms with Gasteiger partial charge in [0.1, 0.15) is 15.8 Å². The smallest absolute Gasteiger partial charge is 0.267 e. The molecule has 0 aromatic carbocycles. The molecule has 0 atom stereocenters. The van der Waals surface area contributed by atoms with Crippen LogP contribution in [0, 0.1) is 0 Å². The van der Waals surface area contributed by atoms with Crippen molar-refractivity contribution in [2.24, 2.45) is 0 Å². The highest BCUT2D eigenvalue weighted by Crippen LogP contribution is 2.34. The average molecular weight is 443 g/mol. The second-order valence-corrected chi connectivity index (χ2v) is 9.35. The number of fused-ring (bicyclic) bond motifs is 1. The fourth-order valence-corrected chi connectivity index (χ4v) is 5.20. The summed E-state index contributed by atoms with van der Waals surface area (Å²) >= 11 is 6.74. The number of nitrogens with zero attached hydrogens (tertiary/aromatic N) is 4. The van der Waals surface area contributed by atoms with Crippen LogP contribution in [0.5, 0.6) is 0 Å². The van der Waals surface area contributed by atoms with E-state index >= 15 is 0 Å². The number of hydrogen-bond acceptors (Lipinski definition) is 6. The number of aromatic nitrogens is 2. The molecule has 0 radical (unpaired) electrons. The minimum atomic E-state index is -0.157. The van der Waals surface area contributed by atoms with Gasteiger partial charge in [0.2, 0.25) is 0 Å². The summed E-state index contributed by atoms with van der Waals surface area (Å²) in [5.41, 5.74) is 0.924. The number of anilines is 1. The Balaban J connectivity index is 1.70. The Bertz CT molecular complexity index is 1060. The Hall–Kier alpha value is -2.19. The first-order chi connectivity index (χ1) is 14.6. The van der Waals surface area contributed by atoms with E-state index in [1.807, 2.05) is 18.2 Å². The van der Waals surface area contributed by atoms with Crippen LogP contribution >= 0.6 is 24.0 Å². The SMILES string of the molecule is CCCCCCN1C(=O)/C(=C/c2c(N3CCCC3)nc3ccccn3c2=O)SC1=S. The summed E-state index contributed by atoms with van der Waals surface area (Å²) in [7, 11) is 0. The molecule has 0 bridgehead atoms. The zero-order chi connectivity index (χ0) is 21.1. The molecule has 0 saturated carbocycles. The Morgan fingerprint density at radius 1 is 1.17 bits per heavy atom. The molecule has 0 aliphatic carbocycles. The fourth-order valence-electron chi connectivity index (χ4n) is 3.91. The minimum absolute atomic E-state index is 0.105. The zero-order valence-electron chi connectivity index (χ0n) is 17.2. The Labute approximate surface area is 186 Å². The van der Waals surface area contributed by atoms with Crippen LogP contribution < -0.4 is 10.5 Å². The van der Waals surface area contributed by atoms with E-state index in [2.05, 4.69) is 11.8 Å². The Morgan fingerprint density at radius 2 is 1.97 bits per heavy atom. The molecule has 0 N–H and O–H groups in total. The lowest BCUT2D eigenvalue weighted by molar-refractivity contribution is -0.122. The molecule has 2 aliphatic rings. The normalized spacial score (nSPS) is 18.4. The largest absolute Gasteiger partial charge is 0.356 e. The van der Waals surface area contributed by atoms with Crippen LogP contribution in [-0.4, -0.2) is 44.1 Å². The molecule has 2 aromatic rings. The zero-order valence-corrected chi connectivity index (χ0v) is 18.8. The van der Waals surface area contributed by atoms with E-state index in [4.69, 9.17) is 17.2 Å². The summed E-state index contributed by atoms with van der Waals surface area (Å²) in [5.74, 6) is 0.559. The fraction of sp³-hybridized carbons (Fsp3) is 0.455. The van der Waals surface area contributed by atoms with Gasteiger partial charge in [0.25, 0.3) is 11.5 Å². The van der Waals surface area contributed by atoms with E-state index in [-0.39, 0.29) is 11.5 Å². The second-order valence-electron chi connectivity index (χ2n) is 7.67. The highest BCUT2D eigenvalue weighted by atomic mass is 32.2. The third kappa shape index (κ3) is 4.16. The number of rotatable bonds is 7. The van der Waals surface area contributed by atoms with Crippen LogP contribution in [0.15, 0.2) is 34.1 Å². The van der Waals surface area contributed by atoms with Gasteiger partial charge in [-0.1, -0.05) is 56.2 Å². The highest BCUT2D eigenvalue weighted by molar-refractivity contribution is 8.26. The third-order valence-corrected chi connectivity index (χ3v) is 6.92. The maximum absolute atomic E-state index is 13.3. The molecular weight excluding hydrogens is 416 g/mol. The van der Waals surface area contributed by atoms with Gasteiger partial charge < -0.3 is 4.90 Å². The van der Waals surface area contributed by atoms with Crippen molar-refractivity contribution in [2.75, 3.05) is 24.5 Å². The molecule has 2 fully saturated rings. The number of carbonyl (C=O) groups excluding carboxylic acids is 1. The highest BCUT2D eigenvalue weighted by Gasteiger charge is 2.32. The van der Waals surface area contributed by atoms with Gasteiger partial charge in [0.05, 0.1) is 10.5 Å². The molecule has 2 saturated heterocycles. The van der Waals surface area contributed by atoms with Gasteiger partial charge >= 0.3 is 0 Å². The molecule has 4 rings (SSSR count). The summed E-state index contributed by atoms with van der Waals surface area (Å²) in [4.78, 5) is 35.4. The third-order valence-electron chi connectivity index (χ3n) is 5.54. The van der Waals surface area contributed by atoms with Crippen molar-refractivity contribution in [3.63, 3.8) is 0 Å². The maximum atomic E-state index is 13.3. The molecule has 30 heavy (non-hydrogen) atoms. The summed E-state index contributed by atoms with van der Waals surface area (Å²) in [5, 5.41) is 0. The van der Waals surface area contributed by atoms with Crippen molar-refractivity contribution in [1.29, 1.82) is 0 Å². The second kappa shape index (κ2) is 9.31. The van der Waals surface area contributed by atoms with E-state index < -0.39 is 0 Å². The van der Waals surface area contributed by atoms with Crippen LogP contribution in [0.25, 0.3) is 11.7 Å². The number of amides is 1. The first kappa shape index (κ1) is 21.1. The molecule has 6 nitrogen and oxygen atoms in total. The van der Waals surface area contributed by atoms with Crippen LogP contribution in [0.2, 0.25) is 0 Å². The summed E-state index contributed by atoms with van der Waals surface area (Å²) in [6.45, 7) is 4.54. The Morgan fingerprint density at radius 3 is 2.73 bits per heavy atom. The maximum Gasteiger partial charge on any atom is 0.267 e. The van der Waals surface area contributed by atoms with Gasteiger partial charge in [0, 0.05) is 25.8 Å². The van der Waals surface area contributed by atoms with Crippen molar-refractivity contribution in [1.82, 2.24) is 14.3 Å². The van der Waals surface area contributed by atoms with Crippen LogP contribution in [0.3, 0.4) is 0 Å². The van der Waals surface area contributed by atoms with E-state index in [1.54, 1.807) is 17.2 Å². The van der Waals surface area contributed by atoms with Gasteiger partial charge in [-0.15, -0.1) is 0 Å². The molecule has 1 amide bonds. The number of thioether (sulfide) groups is 1. The van der Waals surface area contributed by atoms with Crippen molar-refractivity contribution in [2.45, 2.75) is 45.4 Å². The number of unbranched alkanes of at least 4 members (excludes halogenated alkanes) is 3. The van der Waals surface area contributed by atoms with Crippen LogP contribution in [0.1, 0.15) is 51.0 Å². The van der Waals surface area contributed by atoms with Crippen molar-refractivity contribution in [3.8, 4) is 0 Å². The number of thiocarbonyl (C=S) groups is 1. The van der Waals surface area contributed by atoms with Crippen molar-refractivity contribution in [3.05, 3.63) is 45.2 Å². The Kier molecular flexibility index (Phi) is 6.53. The topological polar surface area (TPSA) is 57.9 Å². The predicted octanol–water partition coefficient (Wildman–Crippen LogP) is 4.08. The number of pyridine rings is 1. The first-order valence-corrected chi connectivity index (χ1v) is 11.8. The molecule has 158 valence electrons. The van der Waals surface area contributed by atoms with Gasteiger partial charge in [-0.2, -0.15) is 0 Å². The molecule has 4 heterocycles. The van der Waals surface area contributed by atoms with Crippen LogP contribution in [0.4, 0.5) is 5.82 Å². The van der Waals surface area contributed by atoms with Gasteiger partial charge in [-0.05, 0) is 37.5 Å². The standard InChI is InChI=1S/C22H26N4O2S2/c1-2-3-4-6-14-26-21(28)17(30-22(26)29)15-16-19(24-11-8-9-12-24)23-18-10-5-7-13-25(18)20(16)27/h5,7,10,13,15H,2-4,6,8-9,11-12,14H2,1H3/b17-15-. The summed E-state index contributed by atoms with van der Waals surface area (Å²) < 4.78 is 2.11. The molecule has 2 aromatic heterocycles. The quantitative estimate of drug-likeness (QED) is 0.366. The number of carbonyl (C=O) groups is 1. The molecule has 2 aliphatic heterocycles. The summed E-state index contributed by atoms with van der Waals surface area (Å²) in [6.07, 6.45) is 9.90. The lowest BCUT2D eigenvalue weighted by atomic mass is 10.2. The summed E-state index contributed by atoms with van der Waals surface area (Å²) in [6, 6.07) is 5.52. The predicted molar refractivity (Wildman–Crippen MR) is 127 cm³/mol. The van der Waals surface area contributed by atoms with Gasteiger partial charge in [-0.3, -0.25) is 18.9 Å². The van der Waals surface area contributed by atoms with Crippen LogP contribution in [-0.2, 0) is 4.79 Å². The number of hydrogen-bond donors (Lipinski definition) is 0. The van der Waals surface area contributed by atoms with E-state index in [1.165, 1.54) is 16.2 Å². The van der Waals surface area contributed by atoms with E-state index in [0.717, 1.165) is 51.6 Å². The monoisotopic (exact) mass is 442 g/mol. The molecular formula is C22H26N4O2S2.